The summed E-state index contributed by atoms with van der Waals surface area (Å²) >= 11 is 0. The predicted molar refractivity (Wildman–Crippen MR) is 70.1 cm³/mol. The lowest BCUT2D eigenvalue weighted by Gasteiger charge is -2.11. The fraction of sp³-hybridized carbons (Fsp3) is 0.429. The zero-order valence-corrected chi connectivity index (χ0v) is 10.7. The molecule has 1 aromatic heterocycles. The van der Waals surface area contributed by atoms with E-state index in [2.05, 4.69) is 29.6 Å². The van der Waals surface area contributed by atoms with Crippen molar-refractivity contribution in [2.75, 3.05) is 14.1 Å². The van der Waals surface area contributed by atoms with Gasteiger partial charge in [-0.1, -0.05) is 0 Å². The van der Waals surface area contributed by atoms with Gasteiger partial charge in [0, 0.05) is 6.04 Å². The second kappa shape index (κ2) is 4.11. The first-order valence-corrected chi connectivity index (χ1v) is 6.24. The molecule has 18 heavy (non-hydrogen) atoms. The summed E-state index contributed by atoms with van der Waals surface area (Å²) in [7, 11) is 4.11. The summed E-state index contributed by atoms with van der Waals surface area (Å²) in [6.07, 6.45) is 2.48. The predicted octanol–water partition coefficient (Wildman–Crippen LogP) is 2.30. The molecule has 4 heteroatoms. The van der Waals surface area contributed by atoms with Gasteiger partial charge in [-0.05, 0) is 45.1 Å². The standard InChI is InChI=1S/C14H16N4/c1-17(2)9-14-16-12-7-10(8-15)3-6-13(12)18(14)11-4-5-11/h3,6-7,11H,4-5,9H2,1-2H3. The topological polar surface area (TPSA) is 44.9 Å². The number of aromatic nitrogens is 2. The monoisotopic (exact) mass is 240 g/mol. The van der Waals surface area contributed by atoms with Crippen molar-refractivity contribution in [3.63, 3.8) is 0 Å². The second-order valence-electron chi connectivity index (χ2n) is 5.18. The third kappa shape index (κ3) is 1.87. The van der Waals surface area contributed by atoms with Crippen LogP contribution in [0, 0.1) is 11.3 Å². The summed E-state index contributed by atoms with van der Waals surface area (Å²) in [4.78, 5) is 6.82. The van der Waals surface area contributed by atoms with Crippen LogP contribution in [0.4, 0.5) is 0 Å². The van der Waals surface area contributed by atoms with Gasteiger partial charge in [-0.15, -0.1) is 0 Å². The van der Waals surface area contributed by atoms with Gasteiger partial charge in [0.05, 0.1) is 29.2 Å². The van der Waals surface area contributed by atoms with E-state index in [-0.39, 0.29) is 0 Å². The van der Waals surface area contributed by atoms with Crippen LogP contribution >= 0.6 is 0 Å². The molecule has 92 valence electrons. The van der Waals surface area contributed by atoms with E-state index < -0.39 is 0 Å². The average Bonchev–Trinajstić information content (AvgIpc) is 3.10. The van der Waals surface area contributed by atoms with Crippen LogP contribution in [0.3, 0.4) is 0 Å². The van der Waals surface area contributed by atoms with E-state index in [9.17, 15) is 0 Å². The minimum atomic E-state index is 0.609. The quantitative estimate of drug-likeness (QED) is 0.827. The Hall–Kier alpha value is -1.86. The van der Waals surface area contributed by atoms with Crippen molar-refractivity contribution in [2.24, 2.45) is 0 Å². The number of hydrogen-bond acceptors (Lipinski definition) is 3. The average molecular weight is 240 g/mol. The molecule has 0 bridgehead atoms. The Morgan fingerprint density at radius 3 is 2.83 bits per heavy atom. The van der Waals surface area contributed by atoms with Gasteiger partial charge in [-0.2, -0.15) is 5.26 Å². The maximum Gasteiger partial charge on any atom is 0.124 e. The number of fused-ring (bicyclic) bond motifs is 1. The van der Waals surface area contributed by atoms with Crippen molar-refractivity contribution >= 4 is 11.0 Å². The van der Waals surface area contributed by atoms with Crippen molar-refractivity contribution in [2.45, 2.75) is 25.4 Å². The van der Waals surface area contributed by atoms with Crippen molar-refractivity contribution in [3.05, 3.63) is 29.6 Å². The van der Waals surface area contributed by atoms with E-state index in [0.29, 0.717) is 11.6 Å². The maximum absolute atomic E-state index is 8.95. The van der Waals surface area contributed by atoms with Crippen LogP contribution in [0.15, 0.2) is 18.2 Å². The summed E-state index contributed by atoms with van der Waals surface area (Å²) in [6.45, 7) is 0.840. The molecule has 0 saturated heterocycles. The van der Waals surface area contributed by atoms with Gasteiger partial charge in [-0.25, -0.2) is 4.98 Å². The van der Waals surface area contributed by atoms with Gasteiger partial charge in [0.2, 0.25) is 0 Å². The zero-order chi connectivity index (χ0) is 12.7. The fourth-order valence-corrected chi connectivity index (χ4v) is 2.35. The van der Waals surface area contributed by atoms with Gasteiger partial charge in [0.15, 0.2) is 0 Å². The van der Waals surface area contributed by atoms with E-state index in [4.69, 9.17) is 10.2 Å². The van der Waals surface area contributed by atoms with Crippen molar-refractivity contribution < 1.29 is 0 Å². The van der Waals surface area contributed by atoms with Crippen LogP contribution < -0.4 is 0 Å². The number of nitriles is 1. The van der Waals surface area contributed by atoms with E-state index >= 15 is 0 Å². The Kier molecular flexibility index (Phi) is 2.57. The van der Waals surface area contributed by atoms with Crippen LogP contribution in [-0.4, -0.2) is 28.5 Å². The number of rotatable bonds is 3. The van der Waals surface area contributed by atoms with Gasteiger partial charge in [-0.3, -0.25) is 0 Å². The lowest BCUT2D eigenvalue weighted by Crippen LogP contribution is -2.15. The van der Waals surface area contributed by atoms with E-state index in [1.165, 1.54) is 12.8 Å². The Balaban J connectivity index is 2.16. The Morgan fingerprint density at radius 2 is 2.22 bits per heavy atom. The first-order chi connectivity index (χ1) is 8.69. The highest BCUT2D eigenvalue weighted by Gasteiger charge is 2.28. The molecule has 0 N–H and O–H groups in total. The molecule has 4 nitrogen and oxygen atoms in total. The Bertz CT molecular complexity index is 629. The third-order valence-electron chi connectivity index (χ3n) is 3.26. The molecule has 1 saturated carbocycles. The fourth-order valence-electron chi connectivity index (χ4n) is 2.35. The largest absolute Gasteiger partial charge is 0.324 e. The Morgan fingerprint density at radius 1 is 1.44 bits per heavy atom. The molecule has 1 heterocycles. The maximum atomic E-state index is 8.95. The van der Waals surface area contributed by atoms with Crippen molar-refractivity contribution in [1.29, 1.82) is 5.26 Å². The van der Waals surface area contributed by atoms with Gasteiger partial charge >= 0.3 is 0 Å². The van der Waals surface area contributed by atoms with Gasteiger partial charge in [0.25, 0.3) is 0 Å². The first kappa shape index (κ1) is 11.2. The summed E-state index contributed by atoms with van der Waals surface area (Å²) in [5.74, 6) is 1.10. The number of imidazole rings is 1. The summed E-state index contributed by atoms with van der Waals surface area (Å²) < 4.78 is 2.34. The highest BCUT2D eigenvalue weighted by molar-refractivity contribution is 5.78. The number of hydrogen-bond donors (Lipinski definition) is 0. The molecule has 1 aromatic carbocycles. The van der Waals surface area contributed by atoms with Crippen LogP contribution in [0.25, 0.3) is 11.0 Å². The number of nitrogens with zero attached hydrogens (tertiary/aromatic N) is 4. The molecule has 0 spiro atoms. The van der Waals surface area contributed by atoms with E-state index in [1.54, 1.807) is 0 Å². The summed E-state index contributed by atoms with van der Waals surface area (Å²) in [5, 5.41) is 8.95. The smallest absolute Gasteiger partial charge is 0.124 e. The molecular formula is C14H16N4. The van der Waals surface area contributed by atoms with Crippen LogP contribution in [-0.2, 0) is 6.54 Å². The lowest BCUT2D eigenvalue weighted by atomic mass is 10.2. The summed E-state index contributed by atoms with van der Waals surface area (Å²) in [5.41, 5.74) is 2.78. The molecule has 0 aliphatic heterocycles. The van der Waals surface area contributed by atoms with Crippen LogP contribution in [0.1, 0.15) is 30.3 Å². The van der Waals surface area contributed by atoms with Gasteiger partial charge in [0.1, 0.15) is 5.82 Å². The SMILES string of the molecule is CN(C)Cc1nc2cc(C#N)ccc2n1C1CC1. The molecule has 0 amide bonds. The normalized spacial score (nSPS) is 15.2. The molecule has 0 atom stereocenters. The first-order valence-electron chi connectivity index (χ1n) is 6.24. The molecule has 1 fully saturated rings. The van der Waals surface area contributed by atoms with Crippen molar-refractivity contribution in [1.82, 2.24) is 14.5 Å². The van der Waals surface area contributed by atoms with Crippen LogP contribution in [0.2, 0.25) is 0 Å². The minimum Gasteiger partial charge on any atom is -0.324 e. The molecule has 1 aliphatic carbocycles. The lowest BCUT2D eigenvalue weighted by molar-refractivity contribution is 0.382. The third-order valence-corrected chi connectivity index (χ3v) is 3.26. The van der Waals surface area contributed by atoms with Gasteiger partial charge < -0.3 is 9.47 Å². The molecule has 0 unspecified atom stereocenters. The van der Waals surface area contributed by atoms with Crippen molar-refractivity contribution in [3.8, 4) is 6.07 Å². The minimum absolute atomic E-state index is 0.609. The molecular weight excluding hydrogens is 224 g/mol. The van der Waals surface area contributed by atoms with Crippen LogP contribution in [0.5, 0.6) is 0 Å². The number of benzene rings is 1. The highest BCUT2D eigenvalue weighted by Crippen LogP contribution is 2.38. The second-order valence-corrected chi connectivity index (χ2v) is 5.18. The highest BCUT2D eigenvalue weighted by atomic mass is 15.2. The molecule has 1 aliphatic rings. The zero-order valence-electron chi connectivity index (χ0n) is 10.7. The molecule has 3 rings (SSSR count). The summed E-state index contributed by atoms with van der Waals surface area (Å²) in [6, 6.07) is 8.57. The van der Waals surface area contributed by atoms with E-state index in [0.717, 1.165) is 23.4 Å². The van der Waals surface area contributed by atoms with E-state index in [1.807, 2.05) is 18.2 Å². The Labute approximate surface area is 106 Å². The molecule has 2 aromatic rings. The molecule has 0 radical (unpaired) electrons.